The molecule has 0 aliphatic carbocycles. The van der Waals surface area contributed by atoms with Crippen LogP contribution in [0.3, 0.4) is 0 Å². The summed E-state index contributed by atoms with van der Waals surface area (Å²) in [6.45, 7) is 7.76. The van der Waals surface area contributed by atoms with Gasteiger partial charge in [-0.15, -0.1) is 0 Å². The van der Waals surface area contributed by atoms with Crippen LogP contribution in [0.4, 0.5) is 0 Å². The van der Waals surface area contributed by atoms with Crippen LogP contribution in [0.25, 0.3) is 0 Å². The SMILES string of the molecule is CCN1C(=O)CCC1C(=O)N1CCCC1c1ccc(C(C)C)cc1. The van der Waals surface area contributed by atoms with E-state index in [0.29, 0.717) is 25.3 Å². The molecule has 2 heterocycles. The van der Waals surface area contributed by atoms with Crippen LogP contribution in [-0.2, 0) is 9.59 Å². The molecule has 4 nitrogen and oxygen atoms in total. The Kier molecular flexibility index (Phi) is 4.93. The summed E-state index contributed by atoms with van der Waals surface area (Å²) in [5, 5.41) is 0. The molecule has 1 aromatic carbocycles. The second kappa shape index (κ2) is 6.96. The number of nitrogens with zero attached hydrogens (tertiary/aromatic N) is 2. The van der Waals surface area contributed by atoms with Crippen LogP contribution in [0.15, 0.2) is 24.3 Å². The first-order valence-corrected chi connectivity index (χ1v) is 9.22. The minimum atomic E-state index is -0.252. The van der Waals surface area contributed by atoms with E-state index in [2.05, 4.69) is 38.1 Å². The molecule has 2 amide bonds. The van der Waals surface area contributed by atoms with E-state index < -0.39 is 0 Å². The fraction of sp³-hybridized carbons (Fsp3) is 0.600. The van der Waals surface area contributed by atoms with E-state index in [1.165, 1.54) is 11.1 Å². The molecule has 0 spiro atoms. The Bertz CT molecular complexity index is 609. The highest BCUT2D eigenvalue weighted by atomic mass is 16.2. The summed E-state index contributed by atoms with van der Waals surface area (Å²) in [7, 11) is 0. The summed E-state index contributed by atoms with van der Waals surface area (Å²) < 4.78 is 0. The van der Waals surface area contributed by atoms with Crippen LogP contribution in [-0.4, -0.2) is 40.7 Å². The van der Waals surface area contributed by atoms with E-state index in [1.54, 1.807) is 4.90 Å². The summed E-state index contributed by atoms with van der Waals surface area (Å²) >= 11 is 0. The predicted molar refractivity (Wildman–Crippen MR) is 94.6 cm³/mol. The van der Waals surface area contributed by atoms with Gasteiger partial charge < -0.3 is 9.80 Å². The van der Waals surface area contributed by atoms with Crippen molar-refractivity contribution in [2.24, 2.45) is 0 Å². The van der Waals surface area contributed by atoms with Crippen molar-refractivity contribution in [3.05, 3.63) is 35.4 Å². The van der Waals surface area contributed by atoms with E-state index in [4.69, 9.17) is 0 Å². The van der Waals surface area contributed by atoms with Crippen molar-refractivity contribution in [3.8, 4) is 0 Å². The van der Waals surface area contributed by atoms with Crippen LogP contribution in [0.2, 0.25) is 0 Å². The Labute approximate surface area is 144 Å². The third-order valence-corrected chi connectivity index (χ3v) is 5.48. The quantitative estimate of drug-likeness (QED) is 0.849. The second-order valence-corrected chi connectivity index (χ2v) is 7.25. The molecule has 3 rings (SSSR count). The molecular formula is C20H28N2O2. The van der Waals surface area contributed by atoms with Crippen molar-refractivity contribution in [2.75, 3.05) is 13.1 Å². The highest BCUT2D eigenvalue weighted by molar-refractivity contribution is 5.91. The number of carbonyl (C=O) groups is 2. The Morgan fingerprint density at radius 1 is 1.21 bits per heavy atom. The van der Waals surface area contributed by atoms with Crippen LogP contribution >= 0.6 is 0 Å². The van der Waals surface area contributed by atoms with Crippen molar-refractivity contribution >= 4 is 11.8 Å². The second-order valence-electron chi connectivity index (χ2n) is 7.25. The lowest BCUT2D eigenvalue weighted by Crippen LogP contribution is -2.46. The smallest absolute Gasteiger partial charge is 0.245 e. The van der Waals surface area contributed by atoms with Crippen LogP contribution in [0.1, 0.15) is 69.5 Å². The first kappa shape index (κ1) is 17.0. The summed E-state index contributed by atoms with van der Waals surface area (Å²) in [6.07, 6.45) is 3.22. The fourth-order valence-corrected chi connectivity index (χ4v) is 4.06. The van der Waals surface area contributed by atoms with Gasteiger partial charge in [-0.1, -0.05) is 38.1 Å². The predicted octanol–water partition coefficient (Wildman–Crippen LogP) is 3.48. The van der Waals surface area contributed by atoms with Gasteiger partial charge in [0.15, 0.2) is 0 Å². The van der Waals surface area contributed by atoms with Crippen LogP contribution in [0, 0.1) is 0 Å². The number of hydrogen-bond acceptors (Lipinski definition) is 2. The van der Waals surface area contributed by atoms with Gasteiger partial charge in [0.25, 0.3) is 0 Å². The maximum atomic E-state index is 13.1. The van der Waals surface area contributed by atoms with Gasteiger partial charge in [-0.05, 0) is 43.2 Å². The number of rotatable bonds is 4. The number of hydrogen-bond donors (Lipinski definition) is 0. The lowest BCUT2D eigenvalue weighted by atomic mass is 9.98. The molecule has 2 saturated heterocycles. The molecule has 2 aliphatic heterocycles. The van der Waals surface area contributed by atoms with Crippen molar-refractivity contribution in [1.82, 2.24) is 9.80 Å². The van der Waals surface area contributed by atoms with E-state index >= 15 is 0 Å². The van der Waals surface area contributed by atoms with E-state index in [9.17, 15) is 9.59 Å². The van der Waals surface area contributed by atoms with Crippen molar-refractivity contribution in [2.45, 2.75) is 64.5 Å². The Balaban J connectivity index is 1.77. The van der Waals surface area contributed by atoms with E-state index in [1.807, 2.05) is 11.8 Å². The third kappa shape index (κ3) is 3.06. The lowest BCUT2D eigenvalue weighted by Gasteiger charge is -2.31. The molecule has 2 atom stereocenters. The largest absolute Gasteiger partial charge is 0.334 e. The summed E-state index contributed by atoms with van der Waals surface area (Å²) in [6, 6.07) is 8.61. The lowest BCUT2D eigenvalue weighted by molar-refractivity contribution is -0.141. The van der Waals surface area contributed by atoms with Gasteiger partial charge in [0.05, 0.1) is 6.04 Å². The Morgan fingerprint density at radius 2 is 1.92 bits per heavy atom. The zero-order chi connectivity index (χ0) is 17.3. The molecule has 24 heavy (non-hydrogen) atoms. The van der Waals surface area contributed by atoms with Crippen molar-refractivity contribution in [3.63, 3.8) is 0 Å². The normalized spacial score (nSPS) is 24.2. The minimum absolute atomic E-state index is 0.118. The number of benzene rings is 1. The van der Waals surface area contributed by atoms with Gasteiger partial charge in [-0.25, -0.2) is 0 Å². The first-order valence-electron chi connectivity index (χ1n) is 9.22. The van der Waals surface area contributed by atoms with Gasteiger partial charge in [-0.3, -0.25) is 9.59 Å². The number of likely N-dealkylation sites (tertiary alicyclic amines) is 2. The minimum Gasteiger partial charge on any atom is -0.334 e. The fourth-order valence-electron chi connectivity index (χ4n) is 4.06. The van der Waals surface area contributed by atoms with Crippen molar-refractivity contribution in [1.29, 1.82) is 0 Å². The highest BCUT2D eigenvalue weighted by Crippen LogP contribution is 2.34. The molecule has 0 radical (unpaired) electrons. The van der Waals surface area contributed by atoms with Gasteiger partial charge in [0.2, 0.25) is 11.8 Å². The summed E-state index contributed by atoms with van der Waals surface area (Å²) in [5.41, 5.74) is 2.55. The van der Waals surface area contributed by atoms with E-state index in [-0.39, 0.29) is 23.9 Å². The molecule has 0 aromatic heterocycles. The average molecular weight is 328 g/mol. The topological polar surface area (TPSA) is 40.6 Å². The van der Waals surface area contributed by atoms with Gasteiger partial charge in [0.1, 0.15) is 6.04 Å². The van der Waals surface area contributed by atoms with Gasteiger partial charge in [-0.2, -0.15) is 0 Å². The third-order valence-electron chi connectivity index (χ3n) is 5.48. The number of likely N-dealkylation sites (N-methyl/N-ethyl adjacent to an activating group) is 1. The first-order chi connectivity index (χ1) is 11.5. The molecule has 130 valence electrons. The Hall–Kier alpha value is -1.84. The molecule has 4 heteroatoms. The average Bonchev–Trinajstić information content (AvgIpc) is 3.20. The van der Waals surface area contributed by atoms with Crippen LogP contribution < -0.4 is 0 Å². The zero-order valence-corrected chi connectivity index (χ0v) is 15.0. The summed E-state index contributed by atoms with van der Waals surface area (Å²) in [5.74, 6) is 0.772. The van der Waals surface area contributed by atoms with Gasteiger partial charge in [0, 0.05) is 19.5 Å². The maximum absolute atomic E-state index is 13.1. The molecule has 0 N–H and O–H groups in total. The van der Waals surface area contributed by atoms with Gasteiger partial charge >= 0.3 is 0 Å². The molecular weight excluding hydrogens is 300 g/mol. The van der Waals surface area contributed by atoms with Crippen LogP contribution in [0.5, 0.6) is 0 Å². The Morgan fingerprint density at radius 3 is 2.54 bits per heavy atom. The molecule has 2 unspecified atom stereocenters. The monoisotopic (exact) mass is 328 g/mol. The molecule has 0 bridgehead atoms. The number of amides is 2. The molecule has 0 saturated carbocycles. The van der Waals surface area contributed by atoms with E-state index in [0.717, 1.165) is 19.4 Å². The molecule has 2 aliphatic rings. The summed E-state index contributed by atoms with van der Waals surface area (Å²) in [4.78, 5) is 28.8. The zero-order valence-electron chi connectivity index (χ0n) is 15.0. The molecule has 2 fully saturated rings. The molecule has 1 aromatic rings. The van der Waals surface area contributed by atoms with Crippen molar-refractivity contribution < 1.29 is 9.59 Å². The standard InChI is InChI=1S/C20H28N2O2/c1-4-21-18(11-12-19(21)23)20(24)22-13-5-6-17(22)16-9-7-15(8-10-16)14(2)3/h7-10,14,17-18H,4-6,11-13H2,1-3H3. The highest BCUT2D eigenvalue weighted by Gasteiger charge is 2.40. The maximum Gasteiger partial charge on any atom is 0.245 e. The number of carbonyl (C=O) groups excluding carboxylic acids is 2.